The van der Waals surface area contributed by atoms with E-state index in [9.17, 15) is 14.9 Å². The molecule has 0 aliphatic rings. The summed E-state index contributed by atoms with van der Waals surface area (Å²) in [5.41, 5.74) is 2.04. The van der Waals surface area contributed by atoms with Crippen LogP contribution in [-0.2, 0) is 14.3 Å². The summed E-state index contributed by atoms with van der Waals surface area (Å²) in [5, 5.41) is 14.8. The van der Waals surface area contributed by atoms with Crippen LogP contribution in [0.2, 0.25) is 0 Å². The van der Waals surface area contributed by atoms with E-state index in [2.05, 4.69) is 17.2 Å². The van der Waals surface area contributed by atoms with Crippen molar-refractivity contribution < 1.29 is 14.3 Å². The summed E-state index contributed by atoms with van der Waals surface area (Å²) in [6, 6.07) is 9.79. The average Bonchev–Trinajstić information content (AvgIpc) is 2.63. The quantitative estimate of drug-likeness (QED) is 0.456. The zero-order chi connectivity index (χ0) is 19.4. The maximum Gasteiger partial charge on any atom is 0.324 e. The second-order valence-electron chi connectivity index (χ2n) is 5.57. The normalized spacial score (nSPS) is 12.3. The minimum absolute atomic E-state index is 0.0658. The topological polar surface area (TPSA) is 91.2 Å². The molecule has 2 atom stereocenters. The highest BCUT2D eigenvalue weighted by Crippen LogP contribution is 2.18. The number of carbonyl (C=O) groups is 2. The van der Waals surface area contributed by atoms with Crippen LogP contribution in [0.1, 0.15) is 12.5 Å². The lowest BCUT2D eigenvalue weighted by Gasteiger charge is -2.18. The number of aryl methyl sites for hydroxylation is 1. The van der Waals surface area contributed by atoms with E-state index in [0.29, 0.717) is 13.1 Å². The molecule has 0 heterocycles. The number of thioether (sulfide) groups is 1. The first-order valence-corrected chi connectivity index (χ1v) is 9.43. The molecule has 1 amide bonds. The maximum atomic E-state index is 12.3. The van der Waals surface area contributed by atoms with Crippen LogP contribution in [0.3, 0.4) is 0 Å². The van der Waals surface area contributed by atoms with Crippen molar-refractivity contribution in [2.75, 3.05) is 30.8 Å². The van der Waals surface area contributed by atoms with E-state index in [4.69, 9.17) is 4.74 Å². The summed E-state index contributed by atoms with van der Waals surface area (Å²) in [6.07, 6.45) is 1.45. The van der Waals surface area contributed by atoms with Crippen molar-refractivity contribution in [3.05, 3.63) is 42.5 Å². The number of esters is 1. The van der Waals surface area contributed by atoms with Gasteiger partial charge in [0.25, 0.3) is 0 Å². The molecule has 1 rings (SSSR count). The fourth-order valence-electron chi connectivity index (χ4n) is 2.09. The summed E-state index contributed by atoms with van der Waals surface area (Å²) in [4.78, 5) is 24.1. The molecule has 0 aromatic heterocycles. The van der Waals surface area contributed by atoms with Gasteiger partial charge in [-0.2, -0.15) is 5.26 Å². The molecular formula is C19H25N3O3S. The van der Waals surface area contributed by atoms with Crippen LogP contribution in [-0.4, -0.2) is 42.6 Å². The van der Waals surface area contributed by atoms with Gasteiger partial charge in [-0.25, -0.2) is 0 Å². The van der Waals surface area contributed by atoms with Crippen molar-refractivity contribution in [3.63, 3.8) is 0 Å². The van der Waals surface area contributed by atoms with Gasteiger partial charge >= 0.3 is 5.97 Å². The van der Waals surface area contributed by atoms with Crippen LogP contribution >= 0.6 is 11.8 Å². The van der Waals surface area contributed by atoms with Crippen molar-refractivity contribution in [1.29, 1.82) is 5.26 Å². The van der Waals surface area contributed by atoms with E-state index in [1.807, 2.05) is 44.2 Å². The number of ether oxygens (including phenoxy) is 1. The zero-order valence-electron chi connectivity index (χ0n) is 15.2. The minimum atomic E-state index is -0.921. The Labute approximate surface area is 159 Å². The Morgan fingerprint density at radius 3 is 2.85 bits per heavy atom. The van der Waals surface area contributed by atoms with Gasteiger partial charge in [0, 0.05) is 24.5 Å². The molecule has 0 saturated heterocycles. The van der Waals surface area contributed by atoms with Crippen LogP contribution in [0.5, 0.6) is 0 Å². The molecule has 0 aliphatic carbocycles. The number of rotatable bonds is 11. The Morgan fingerprint density at radius 2 is 2.23 bits per heavy atom. The van der Waals surface area contributed by atoms with E-state index >= 15 is 0 Å². The average molecular weight is 375 g/mol. The van der Waals surface area contributed by atoms with E-state index in [0.717, 1.165) is 11.3 Å². The second kappa shape index (κ2) is 12.0. The van der Waals surface area contributed by atoms with Gasteiger partial charge in [0.05, 0.1) is 6.07 Å². The molecule has 0 radical (unpaired) electrons. The van der Waals surface area contributed by atoms with Crippen LogP contribution < -0.4 is 10.6 Å². The smallest absolute Gasteiger partial charge is 0.324 e. The van der Waals surface area contributed by atoms with E-state index in [1.54, 1.807) is 0 Å². The summed E-state index contributed by atoms with van der Waals surface area (Å²) in [5.74, 6) is -1.46. The largest absolute Gasteiger partial charge is 0.460 e. The third-order valence-electron chi connectivity index (χ3n) is 3.40. The molecule has 0 bridgehead atoms. The van der Waals surface area contributed by atoms with E-state index in [-0.39, 0.29) is 18.3 Å². The second-order valence-corrected chi connectivity index (χ2v) is 6.80. The molecule has 0 saturated carbocycles. The number of nitrogens with one attached hydrogen (secondary N) is 2. The summed E-state index contributed by atoms with van der Waals surface area (Å²) in [7, 11) is 0. The minimum Gasteiger partial charge on any atom is -0.460 e. The fourth-order valence-corrected chi connectivity index (χ4v) is 3.16. The summed E-state index contributed by atoms with van der Waals surface area (Å²) in [6.45, 7) is 8.28. The zero-order valence-corrected chi connectivity index (χ0v) is 16.0. The molecule has 26 heavy (non-hydrogen) atoms. The summed E-state index contributed by atoms with van der Waals surface area (Å²) < 4.78 is 4.92. The number of hydrogen-bond acceptors (Lipinski definition) is 6. The molecular weight excluding hydrogens is 350 g/mol. The summed E-state index contributed by atoms with van der Waals surface area (Å²) >= 11 is 1.26. The van der Waals surface area contributed by atoms with Gasteiger partial charge in [-0.05, 0) is 31.5 Å². The van der Waals surface area contributed by atoms with Gasteiger partial charge in [-0.3, -0.25) is 9.59 Å². The molecule has 7 heteroatoms. The van der Waals surface area contributed by atoms with E-state index < -0.39 is 17.1 Å². The third kappa shape index (κ3) is 7.62. The van der Waals surface area contributed by atoms with Gasteiger partial charge in [0.2, 0.25) is 5.91 Å². The van der Waals surface area contributed by atoms with Crippen molar-refractivity contribution >= 4 is 29.3 Å². The van der Waals surface area contributed by atoms with Crippen molar-refractivity contribution in [3.8, 4) is 6.07 Å². The van der Waals surface area contributed by atoms with Crippen LogP contribution in [0, 0.1) is 24.2 Å². The van der Waals surface area contributed by atoms with Gasteiger partial charge < -0.3 is 15.4 Å². The highest BCUT2D eigenvalue weighted by molar-refractivity contribution is 8.00. The molecule has 2 N–H and O–H groups in total. The van der Waals surface area contributed by atoms with Crippen molar-refractivity contribution in [2.45, 2.75) is 19.1 Å². The Kier molecular flexibility index (Phi) is 9.95. The van der Waals surface area contributed by atoms with Gasteiger partial charge in [0.1, 0.15) is 11.9 Å². The predicted octanol–water partition coefficient (Wildman–Crippen LogP) is 2.51. The van der Waals surface area contributed by atoms with Crippen molar-refractivity contribution in [1.82, 2.24) is 5.32 Å². The number of anilines is 1. The van der Waals surface area contributed by atoms with Gasteiger partial charge in [-0.15, -0.1) is 11.8 Å². The molecule has 6 nitrogen and oxygen atoms in total. The molecule has 1 aromatic carbocycles. The highest BCUT2D eigenvalue weighted by Gasteiger charge is 2.25. The molecule has 0 spiro atoms. The lowest BCUT2D eigenvalue weighted by Crippen LogP contribution is -2.37. The maximum absolute atomic E-state index is 12.3. The Hall–Kier alpha value is -2.46. The first kappa shape index (κ1) is 21.6. The van der Waals surface area contributed by atoms with Crippen LogP contribution in [0.4, 0.5) is 5.69 Å². The lowest BCUT2D eigenvalue weighted by molar-refractivity contribution is -0.144. The number of benzene rings is 1. The number of carbonyl (C=O) groups excluding carboxylic acids is 2. The Bertz CT molecular complexity index is 658. The number of nitriles is 1. The highest BCUT2D eigenvalue weighted by atomic mass is 32.2. The molecule has 0 fully saturated rings. The first-order chi connectivity index (χ1) is 12.5. The Morgan fingerprint density at radius 1 is 1.46 bits per heavy atom. The van der Waals surface area contributed by atoms with Crippen molar-refractivity contribution in [2.24, 2.45) is 5.92 Å². The lowest BCUT2D eigenvalue weighted by atomic mass is 10.2. The molecule has 1 aromatic rings. The first-order valence-electron chi connectivity index (χ1n) is 8.38. The standard InChI is InChI=1S/C19H25N3O3S/c1-4-9-25-19(24)15(11-20)13-26-17(18(23)21-5-2)12-22-16-8-6-7-14(3)10-16/h4,6-8,10,15,17,22H,1,5,9,12-13H2,2-3H3,(H,21,23). The van der Waals surface area contributed by atoms with E-state index in [1.165, 1.54) is 17.8 Å². The predicted molar refractivity (Wildman–Crippen MR) is 105 cm³/mol. The number of hydrogen-bond donors (Lipinski definition) is 2. The molecule has 2 unspecified atom stereocenters. The van der Waals surface area contributed by atoms with Crippen LogP contribution in [0.25, 0.3) is 0 Å². The Balaban J connectivity index is 2.67. The third-order valence-corrected chi connectivity index (χ3v) is 4.71. The molecule has 0 aliphatic heterocycles. The molecule has 140 valence electrons. The van der Waals surface area contributed by atoms with Gasteiger partial charge in [-0.1, -0.05) is 24.8 Å². The SMILES string of the molecule is C=CCOC(=O)C(C#N)CSC(CNc1cccc(C)c1)C(=O)NCC. The van der Waals surface area contributed by atoms with Crippen LogP contribution in [0.15, 0.2) is 36.9 Å². The number of amides is 1. The fraction of sp³-hybridized carbons (Fsp3) is 0.421. The van der Waals surface area contributed by atoms with Gasteiger partial charge in [0.15, 0.2) is 5.92 Å². The number of nitrogens with zero attached hydrogens (tertiary/aromatic N) is 1. The monoisotopic (exact) mass is 375 g/mol.